The lowest BCUT2D eigenvalue weighted by Gasteiger charge is -2.21. The lowest BCUT2D eigenvalue weighted by atomic mass is 9.90. The minimum Gasteiger partial charge on any atom is -0.497 e. The topological polar surface area (TPSA) is 58.6 Å². The molecular weight excluding hydrogens is 266 g/mol. The molecule has 2 unspecified atom stereocenters. The van der Waals surface area contributed by atoms with Crippen LogP contribution in [-0.2, 0) is 4.79 Å². The summed E-state index contributed by atoms with van der Waals surface area (Å²) >= 11 is 0. The average molecular weight is 293 g/mol. The summed E-state index contributed by atoms with van der Waals surface area (Å²) in [5.41, 5.74) is 0.742. The summed E-state index contributed by atoms with van der Waals surface area (Å²) in [6.45, 7) is 6.41. The van der Waals surface area contributed by atoms with Gasteiger partial charge in [0.15, 0.2) is 0 Å². The summed E-state index contributed by atoms with van der Waals surface area (Å²) in [7, 11) is 1.59. The van der Waals surface area contributed by atoms with Gasteiger partial charge in [0.25, 0.3) is 0 Å². The highest BCUT2D eigenvalue weighted by Gasteiger charge is 2.21. The summed E-state index contributed by atoms with van der Waals surface area (Å²) in [5, 5.41) is 13.0. The van der Waals surface area contributed by atoms with Gasteiger partial charge in [0.05, 0.1) is 13.2 Å². The minimum atomic E-state index is -0.724. The quantitative estimate of drug-likeness (QED) is 0.775. The molecule has 4 nitrogen and oxygen atoms in total. The Morgan fingerprint density at radius 1 is 1.38 bits per heavy atom. The first-order chi connectivity index (χ1) is 9.99. The Bertz CT molecular complexity index is 445. The maximum atomic E-state index is 12.2. The van der Waals surface area contributed by atoms with Crippen LogP contribution in [0.5, 0.6) is 5.75 Å². The van der Waals surface area contributed by atoms with Crippen molar-refractivity contribution in [2.45, 2.75) is 39.7 Å². The Morgan fingerprint density at radius 2 is 2.10 bits per heavy atom. The predicted octanol–water partition coefficient (Wildman–Crippen LogP) is 2.92. The number of hydrogen-bond acceptors (Lipinski definition) is 3. The fraction of sp³-hybridized carbons (Fsp3) is 0.588. The van der Waals surface area contributed by atoms with Crippen LogP contribution in [0, 0.1) is 11.8 Å². The van der Waals surface area contributed by atoms with Crippen molar-refractivity contribution in [1.82, 2.24) is 5.32 Å². The largest absolute Gasteiger partial charge is 0.497 e. The zero-order valence-corrected chi connectivity index (χ0v) is 13.4. The van der Waals surface area contributed by atoms with Crippen LogP contribution in [0.2, 0.25) is 0 Å². The maximum Gasteiger partial charge on any atom is 0.223 e. The molecule has 2 N–H and O–H groups in total. The normalized spacial score (nSPS) is 13.8. The van der Waals surface area contributed by atoms with Crippen LogP contribution in [0.25, 0.3) is 0 Å². The van der Waals surface area contributed by atoms with Gasteiger partial charge in [-0.1, -0.05) is 39.3 Å². The average Bonchev–Trinajstić information content (AvgIpc) is 2.49. The van der Waals surface area contributed by atoms with Crippen molar-refractivity contribution in [3.8, 4) is 5.75 Å². The highest BCUT2D eigenvalue weighted by atomic mass is 16.5. The maximum absolute atomic E-state index is 12.2. The number of benzene rings is 1. The van der Waals surface area contributed by atoms with Crippen molar-refractivity contribution in [2.24, 2.45) is 11.8 Å². The SMILES string of the molecule is CCCC(C(=O)NCC(O)c1cccc(OC)c1)C(C)C. The molecule has 0 saturated carbocycles. The predicted molar refractivity (Wildman–Crippen MR) is 84.2 cm³/mol. The zero-order valence-electron chi connectivity index (χ0n) is 13.4. The second-order valence-corrected chi connectivity index (χ2v) is 5.68. The van der Waals surface area contributed by atoms with Crippen molar-refractivity contribution in [3.63, 3.8) is 0 Å². The van der Waals surface area contributed by atoms with Crippen LogP contribution in [-0.4, -0.2) is 24.7 Å². The fourth-order valence-electron chi connectivity index (χ4n) is 2.37. The van der Waals surface area contributed by atoms with E-state index in [1.807, 2.05) is 18.2 Å². The number of amides is 1. The number of rotatable bonds is 8. The number of nitrogens with one attached hydrogen (secondary N) is 1. The molecule has 1 aromatic rings. The minimum absolute atomic E-state index is 0.00695. The molecule has 0 aliphatic heterocycles. The summed E-state index contributed by atoms with van der Waals surface area (Å²) in [6.07, 6.45) is 1.13. The van der Waals surface area contributed by atoms with Crippen LogP contribution in [0.15, 0.2) is 24.3 Å². The van der Waals surface area contributed by atoms with Crippen molar-refractivity contribution in [1.29, 1.82) is 0 Å². The molecule has 21 heavy (non-hydrogen) atoms. The van der Waals surface area contributed by atoms with E-state index in [4.69, 9.17) is 4.74 Å². The van der Waals surface area contributed by atoms with E-state index in [0.717, 1.165) is 18.4 Å². The Kier molecular flexibility index (Phi) is 7.23. The van der Waals surface area contributed by atoms with E-state index in [0.29, 0.717) is 11.7 Å². The molecule has 0 aliphatic rings. The summed E-state index contributed by atoms with van der Waals surface area (Å²) < 4.78 is 5.13. The molecule has 0 aromatic heterocycles. The molecule has 1 amide bonds. The van der Waals surface area contributed by atoms with Gasteiger partial charge in [-0.3, -0.25) is 4.79 Å². The molecule has 0 spiro atoms. The number of carbonyl (C=O) groups excluding carboxylic acids is 1. The van der Waals surface area contributed by atoms with Gasteiger partial charge in [0.1, 0.15) is 5.75 Å². The Hall–Kier alpha value is -1.55. The van der Waals surface area contributed by atoms with Crippen molar-refractivity contribution >= 4 is 5.91 Å². The molecule has 2 atom stereocenters. The first-order valence-electron chi connectivity index (χ1n) is 7.59. The summed E-state index contributed by atoms with van der Waals surface area (Å²) in [4.78, 5) is 12.2. The van der Waals surface area contributed by atoms with Crippen LogP contribution in [0.1, 0.15) is 45.3 Å². The Morgan fingerprint density at radius 3 is 2.67 bits per heavy atom. The van der Waals surface area contributed by atoms with E-state index < -0.39 is 6.10 Å². The highest BCUT2D eigenvalue weighted by molar-refractivity contribution is 5.78. The van der Waals surface area contributed by atoms with E-state index in [1.165, 1.54) is 0 Å². The van der Waals surface area contributed by atoms with Crippen LogP contribution < -0.4 is 10.1 Å². The van der Waals surface area contributed by atoms with Gasteiger partial charge in [0.2, 0.25) is 5.91 Å². The van der Waals surface area contributed by atoms with Crippen LogP contribution in [0.4, 0.5) is 0 Å². The smallest absolute Gasteiger partial charge is 0.223 e. The number of aliphatic hydroxyl groups is 1. The van der Waals surface area contributed by atoms with Crippen LogP contribution >= 0.6 is 0 Å². The molecule has 0 fully saturated rings. The number of ether oxygens (including phenoxy) is 1. The van der Waals surface area contributed by atoms with Gasteiger partial charge < -0.3 is 15.2 Å². The second kappa shape index (κ2) is 8.67. The van der Waals surface area contributed by atoms with Gasteiger partial charge in [-0.15, -0.1) is 0 Å². The summed E-state index contributed by atoms with van der Waals surface area (Å²) in [6, 6.07) is 7.26. The number of hydrogen-bond donors (Lipinski definition) is 2. The van der Waals surface area contributed by atoms with Gasteiger partial charge in [-0.2, -0.15) is 0 Å². The van der Waals surface area contributed by atoms with E-state index in [9.17, 15) is 9.90 Å². The first-order valence-corrected chi connectivity index (χ1v) is 7.59. The lowest BCUT2D eigenvalue weighted by Crippen LogP contribution is -2.36. The number of carbonyl (C=O) groups is 1. The van der Waals surface area contributed by atoms with Gasteiger partial charge >= 0.3 is 0 Å². The molecule has 0 bridgehead atoms. The molecule has 1 rings (SSSR count). The summed E-state index contributed by atoms with van der Waals surface area (Å²) in [5.74, 6) is 1.03. The van der Waals surface area contributed by atoms with Gasteiger partial charge in [-0.05, 0) is 30.0 Å². The number of aliphatic hydroxyl groups excluding tert-OH is 1. The second-order valence-electron chi connectivity index (χ2n) is 5.68. The molecule has 1 aromatic carbocycles. The van der Waals surface area contributed by atoms with Crippen LogP contribution in [0.3, 0.4) is 0 Å². The number of methoxy groups -OCH3 is 1. The molecule has 0 radical (unpaired) electrons. The third-order valence-corrected chi connectivity index (χ3v) is 3.69. The highest BCUT2D eigenvalue weighted by Crippen LogP contribution is 2.20. The van der Waals surface area contributed by atoms with E-state index in [2.05, 4.69) is 26.1 Å². The van der Waals surface area contributed by atoms with Gasteiger partial charge in [-0.25, -0.2) is 0 Å². The van der Waals surface area contributed by atoms with Gasteiger partial charge in [0, 0.05) is 12.5 Å². The molecule has 0 aliphatic carbocycles. The fourth-order valence-corrected chi connectivity index (χ4v) is 2.37. The lowest BCUT2D eigenvalue weighted by molar-refractivity contribution is -0.127. The zero-order chi connectivity index (χ0) is 15.8. The standard InChI is InChI=1S/C17H27NO3/c1-5-7-15(12(2)3)17(20)18-11-16(19)13-8-6-9-14(10-13)21-4/h6,8-10,12,15-16,19H,5,7,11H2,1-4H3,(H,18,20). The molecule has 4 heteroatoms. The van der Waals surface area contributed by atoms with E-state index in [-0.39, 0.29) is 18.4 Å². The molecule has 118 valence electrons. The molecule has 0 heterocycles. The third kappa shape index (κ3) is 5.38. The third-order valence-electron chi connectivity index (χ3n) is 3.69. The Balaban J connectivity index is 2.58. The van der Waals surface area contributed by atoms with Crippen molar-refractivity contribution < 1.29 is 14.6 Å². The molecule has 0 saturated heterocycles. The van der Waals surface area contributed by atoms with Crippen molar-refractivity contribution in [3.05, 3.63) is 29.8 Å². The monoisotopic (exact) mass is 293 g/mol. The van der Waals surface area contributed by atoms with E-state index in [1.54, 1.807) is 13.2 Å². The molecular formula is C17H27NO3. The van der Waals surface area contributed by atoms with E-state index >= 15 is 0 Å². The first kappa shape index (κ1) is 17.5. The Labute approximate surface area is 127 Å². The van der Waals surface area contributed by atoms with Crippen molar-refractivity contribution in [2.75, 3.05) is 13.7 Å².